The maximum Gasteiger partial charge on any atom is 0.161 e. The highest BCUT2D eigenvalue weighted by molar-refractivity contribution is 5.43. The van der Waals surface area contributed by atoms with E-state index < -0.39 is 0 Å². The molecule has 0 bridgehead atoms. The summed E-state index contributed by atoms with van der Waals surface area (Å²) in [6.45, 7) is 7.46. The Kier molecular flexibility index (Phi) is 6.93. The third kappa shape index (κ3) is 5.56. The van der Waals surface area contributed by atoms with Gasteiger partial charge in [0, 0.05) is 19.2 Å². The average Bonchev–Trinajstić information content (AvgIpc) is 2.58. The molecule has 2 rings (SSSR count). The highest BCUT2D eigenvalue weighted by atomic mass is 16.5. The quantitative estimate of drug-likeness (QED) is 0.722. The molecule has 23 heavy (non-hydrogen) atoms. The van der Waals surface area contributed by atoms with Crippen molar-refractivity contribution in [1.82, 2.24) is 5.32 Å². The zero-order valence-electron chi connectivity index (χ0n) is 14.3. The molecule has 0 radical (unpaired) electrons. The highest BCUT2D eigenvalue weighted by Crippen LogP contribution is 2.29. The lowest BCUT2D eigenvalue weighted by molar-refractivity contribution is 0.175. The molecule has 1 fully saturated rings. The molecule has 0 unspecified atom stereocenters. The Morgan fingerprint density at radius 3 is 2.61 bits per heavy atom. The average molecular weight is 319 g/mol. The van der Waals surface area contributed by atoms with Crippen molar-refractivity contribution >= 4 is 0 Å². The van der Waals surface area contributed by atoms with Gasteiger partial charge in [-0.3, -0.25) is 0 Å². The van der Waals surface area contributed by atoms with E-state index in [0.29, 0.717) is 25.2 Å². The van der Waals surface area contributed by atoms with Crippen LogP contribution in [0.2, 0.25) is 0 Å². The van der Waals surface area contributed by atoms with Gasteiger partial charge in [0.2, 0.25) is 0 Å². The third-order valence-corrected chi connectivity index (χ3v) is 4.40. The normalized spacial score (nSPS) is 21.0. The van der Waals surface area contributed by atoms with E-state index in [1.165, 1.54) is 5.56 Å². The zero-order valence-corrected chi connectivity index (χ0v) is 14.3. The predicted octanol–water partition coefficient (Wildman–Crippen LogP) is 3.29. The molecule has 1 saturated carbocycles. The number of ether oxygens (including phenoxy) is 2. The van der Waals surface area contributed by atoms with Crippen LogP contribution in [0.15, 0.2) is 30.4 Å². The summed E-state index contributed by atoms with van der Waals surface area (Å²) in [7, 11) is 1.65. The van der Waals surface area contributed by atoms with Crippen LogP contribution >= 0.6 is 0 Å². The number of hydrogen-bond donors (Lipinski definition) is 2. The summed E-state index contributed by atoms with van der Waals surface area (Å²) in [5, 5.41) is 12.8. The van der Waals surface area contributed by atoms with Crippen molar-refractivity contribution in [2.45, 2.75) is 45.2 Å². The summed E-state index contributed by atoms with van der Waals surface area (Å²) in [5.74, 6) is 2.01. The van der Waals surface area contributed by atoms with Crippen LogP contribution in [0.5, 0.6) is 11.5 Å². The SMILES string of the molecule is C=C(C)COc1cc(CNC2CCC(CO)CC2)ccc1OC. The fourth-order valence-electron chi connectivity index (χ4n) is 2.96. The van der Waals surface area contributed by atoms with Crippen molar-refractivity contribution in [2.24, 2.45) is 5.92 Å². The van der Waals surface area contributed by atoms with Gasteiger partial charge >= 0.3 is 0 Å². The summed E-state index contributed by atoms with van der Waals surface area (Å²) in [6, 6.07) is 6.60. The number of benzene rings is 1. The second kappa shape index (κ2) is 8.94. The minimum Gasteiger partial charge on any atom is -0.493 e. The van der Waals surface area contributed by atoms with Gasteiger partial charge < -0.3 is 19.9 Å². The summed E-state index contributed by atoms with van der Waals surface area (Å²) in [5.41, 5.74) is 2.17. The molecule has 4 heteroatoms. The minimum absolute atomic E-state index is 0.328. The van der Waals surface area contributed by atoms with E-state index in [1.54, 1.807) is 7.11 Å². The fraction of sp³-hybridized carbons (Fsp3) is 0.579. The van der Waals surface area contributed by atoms with Crippen molar-refractivity contribution in [2.75, 3.05) is 20.3 Å². The topological polar surface area (TPSA) is 50.7 Å². The molecule has 1 aromatic rings. The molecule has 0 atom stereocenters. The predicted molar refractivity (Wildman–Crippen MR) is 93.0 cm³/mol. The Labute approximate surface area is 139 Å². The van der Waals surface area contributed by atoms with Crippen LogP contribution in [0.3, 0.4) is 0 Å². The summed E-state index contributed by atoms with van der Waals surface area (Å²) >= 11 is 0. The van der Waals surface area contributed by atoms with Gasteiger partial charge in [0.05, 0.1) is 7.11 Å². The second-order valence-electron chi connectivity index (χ2n) is 6.51. The molecule has 0 spiro atoms. The molecule has 2 N–H and O–H groups in total. The molecular weight excluding hydrogens is 290 g/mol. The Bertz CT molecular complexity index is 507. The summed E-state index contributed by atoms with van der Waals surface area (Å²) < 4.78 is 11.1. The molecule has 0 saturated heterocycles. The molecule has 0 aliphatic heterocycles. The summed E-state index contributed by atoms with van der Waals surface area (Å²) in [4.78, 5) is 0. The molecule has 128 valence electrons. The zero-order chi connectivity index (χ0) is 16.7. The number of aliphatic hydroxyl groups is 1. The second-order valence-corrected chi connectivity index (χ2v) is 6.51. The standard InChI is InChI=1S/C19H29NO3/c1-14(2)13-23-19-10-16(6-9-18(19)22-3)11-20-17-7-4-15(12-21)5-8-17/h6,9-10,15,17,20-21H,1,4-5,7-8,11-13H2,2-3H3. The molecule has 1 aromatic carbocycles. The lowest BCUT2D eigenvalue weighted by atomic mass is 9.86. The third-order valence-electron chi connectivity index (χ3n) is 4.40. The van der Waals surface area contributed by atoms with E-state index in [-0.39, 0.29) is 0 Å². The van der Waals surface area contributed by atoms with Crippen molar-refractivity contribution in [3.05, 3.63) is 35.9 Å². The van der Waals surface area contributed by atoms with E-state index >= 15 is 0 Å². The Hall–Kier alpha value is -1.52. The van der Waals surface area contributed by atoms with E-state index in [1.807, 2.05) is 19.1 Å². The Morgan fingerprint density at radius 1 is 1.26 bits per heavy atom. The van der Waals surface area contributed by atoms with Crippen molar-refractivity contribution in [1.29, 1.82) is 0 Å². The lowest BCUT2D eigenvalue weighted by Gasteiger charge is -2.28. The van der Waals surface area contributed by atoms with Crippen LogP contribution in [-0.4, -0.2) is 31.5 Å². The van der Waals surface area contributed by atoms with Crippen LogP contribution in [-0.2, 0) is 6.54 Å². The van der Waals surface area contributed by atoms with Gasteiger partial charge in [-0.1, -0.05) is 12.6 Å². The van der Waals surface area contributed by atoms with Crippen molar-refractivity contribution < 1.29 is 14.6 Å². The molecule has 1 aliphatic carbocycles. The fourth-order valence-corrected chi connectivity index (χ4v) is 2.96. The molecule has 4 nitrogen and oxygen atoms in total. The number of methoxy groups -OCH3 is 1. The number of rotatable bonds is 8. The monoisotopic (exact) mass is 319 g/mol. The first-order valence-corrected chi connectivity index (χ1v) is 8.40. The van der Waals surface area contributed by atoms with E-state index in [0.717, 1.165) is 49.3 Å². The molecular formula is C19H29NO3. The van der Waals surface area contributed by atoms with Gasteiger partial charge in [-0.15, -0.1) is 0 Å². The maximum absolute atomic E-state index is 9.20. The van der Waals surface area contributed by atoms with Gasteiger partial charge in [-0.25, -0.2) is 0 Å². The van der Waals surface area contributed by atoms with Gasteiger partial charge in [-0.2, -0.15) is 0 Å². The lowest BCUT2D eigenvalue weighted by Crippen LogP contribution is -2.33. The van der Waals surface area contributed by atoms with Crippen LogP contribution in [0.25, 0.3) is 0 Å². The van der Waals surface area contributed by atoms with Crippen LogP contribution < -0.4 is 14.8 Å². The first-order valence-electron chi connectivity index (χ1n) is 8.40. The first-order chi connectivity index (χ1) is 11.1. The highest BCUT2D eigenvalue weighted by Gasteiger charge is 2.20. The largest absolute Gasteiger partial charge is 0.493 e. The number of nitrogens with one attached hydrogen (secondary N) is 1. The Morgan fingerprint density at radius 2 is 2.00 bits per heavy atom. The van der Waals surface area contributed by atoms with Gasteiger partial charge in [0.15, 0.2) is 11.5 Å². The minimum atomic E-state index is 0.328. The van der Waals surface area contributed by atoms with Gasteiger partial charge in [0.1, 0.15) is 6.61 Å². The molecule has 0 aromatic heterocycles. The van der Waals surface area contributed by atoms with E-state index in [2.05, 4.69) is 18.0 Å². The maximum atomic E-state index is 9.20. The van der Waals surface area contributed by atoms with Crippen LogP contribution in [0, 0.1) is 5.92 Å². The number of aliphatic hydroxyl groups excluding tert-OH is 1. The van der Waals surface area contributed by atoms with Gasteiger partial charge in [0.25, 0.3) is 0 Å². The van der Waals surface area contributed by atoms with Crippen molar-refractivity contribution in [3.63, 3.8) is 0 Å². The molecule has 1 aliphatic rings. The Balaban J connectivity index is 1.89. The van der Waals surface area contributed by atoms with Gasteiger partial charge in [-0.05, 0) is 61.8 Å². The number of hydrogen-bond acceptors (Lipinski definition) is 4. The van der Waals surface area contributed by atoms with E-state index in [4.69, 9.17) is 9.47 Å². The van der Waals surface area contributed by atoms with Crippen LogP contribution in [0.4, 0.5) is 0 Å². The van der Waals surface area contributed by atoms with Crippen molar-refractivity contribution in [3.8, 4) is 11.5 Å². The molecule has 0 heterocycles. The smallest absolute Gasteiger partial charge is 0.161 e. The summed E-state index contributed by atoms with van der Waals surface area (Å²) in [6.07, 6.45) is 4.51. The van der Waals surface area contributed by atoms with E-state index in [9.17, 15) is 5.11 Å². The first kappa shape index (κ1) is 17.8. The van der Waals surface area contributed by atoms with Crippen LogP contribution in [0.1, 0.15) is 38.2 Å². The molecule has 0 amide bonds.